The van der Waals surface area contributed by atoms with Crippen LogP contribution in [-0.2, 0) is 0 Å². The molecule has 1 aliphatic heterocycles. The number of hydrogen-bond acceptors (Lipinski definition) is 3. The molecule has 2 heterocycles. The van der Waals surface area contributed by atoms with E-state index in [1.807, 2.05) is 11.0 Å². The normalized spacial score (nSPS) is 19.1. The van der Waals surface area contributed by atoms with Crippen LogP contribution in [0, 0.1) is 0 Å². The van der Waals surface area contributed by atoms with Crippen molar-refractivity contribution in [1.82, 2.24) is 10.2 Å². The maximum atomic E-state index is 12.6. The third kappa shape index (κ3) is 3.80. The molecule has 106 valence electrons. The second-order valence-electron chi connectivity index (χ2n) is 5.08. The predicted octanol–water partition coefficient (Wildman–Crippen LogP) is 3.88. The molecule has 2 rings (SSSR count). The average Bonchev–Trinajstić information content (AvgIpc) is 2.96. The zero-order valence-electron chi connectivity index (χ0n) is 11.1. The molecule has 1 amide bonds. The standard InChI is InChI=1S/C13H18Br2N2OS/c1-8(2)17(7-9-4-3-5-16-9)13(18)11-6-10(14)12(15)19-11/h6,8-9,16H,3-5,7H2,1-2H3. The van der Waals surface area contributed by atoms with Gasteiger partial charge in [-0.1, -0.05) is 0 Å². The van der Waals surface area contributed by atoms with Gasteiger partial charge in [-0.2, -0.15) is 0 Å². The van der Waals surface area contributed by atoms with Gasteiger partial charge >= 0.3 is 0 Å². The number of rotatable bonds is 4. The molecule has 0 saturated carbocycles. The Hall–Kier alpha value is 0.0900. The molecular weight excluding hydrogens is 392 g/mol. The van der Waals surface area contributed by atoms with Crippen molar-refractivity contribution in [1.29, 1.82) is 0 Å². The van der Waals surface area contributed by atoms with Gasteiger partial charge in [0.05, 0.1) is 8.66 Å². The van der Waals surface area contributed by atoms with Gasteiger partial charge in [-0.3, -0.25) is 4.79 Å². The number of carbonyl (C=O) groups is 1. The Morgan fingerprint density at radius 1 is 1.58 bits per heavy atom. The summed E-state index contributed by atoms with van der Waals surface area (Å²) in [5.41, 5.74) is 0. The molecule has 1 aromatic heterocycles. The quantitative estimate of drug-likeness (QED) is 0.818. The maximum absolute atomic E-state index is 12.6. The highest BCUT2D eigenvalue weighted by Gasteiger charge is 2.25. The fourth-order valence-electron chi connectivity index (χ4n) is 2.27. The second-order valence-corrected chi connectivity index (χ2v) is 8.30. The van der Waals surface area contributed by atoms with Gasteiger partial charge in [0, 0.05) is 23.1 Å². The van der Waals surface area contributed by atoms with Crippen LogP contribution < -0.4 is 5.32 Å². The highest BCUT2D eigenvalue weighted by molar-refractivity contribution is 9.13. The summed E-state index contributed by atoms with van der Waals surface area (Å²) in [6.07, 6.45) is 2.37. The zero-order chi connectivity index (χ0) is 14.0. The largest absolute Gasteiger partial charge is 0.334 e. The van der Waals surface area contributed by atoms with Gasteiger partial charge in [-0.25, -0.2) is 0 Å². The molecule has 1 unspecified atom stereocenters. The summed E-state index contributed by atoms with van der Waals surface area (Å²) in [7, 11) is 0. The molecule has 1 saturated heterocycles. The van der Waals surface area contributed by atoms with E-state index in [-0.39, 0.29) is 11.9 Å². The molecule has 1 N–H and O–H groups in total. The van der Waals surface area contributed by atoms with E-state index in [1.54, 1.807) is 0 Å². The molecule has 19 heavy (non-hydrogen) atoms. The van der Waals surface area contributed by atoms with Crippen LogP contribution in [0.25, 0.3) is 0 Å². The maximum Gasteiger partial charge on any atom is 0.264 e. The van der Waals surface area contributed by atoms with Crippen molar-refractivity contribution in [2.24, 2.45) is 0 Å². The number of thiophene rings is 1. The van der Waals surface area contributed by atoms with Gasteiger partial charge in [0.1, 0.15) is 0 Å². The first-order valence-electron chi connectivity index (χ1n) is 6.48. The molecule has 3 nitrogen and oxygen atoms in total. The van der Waals surface area contributed by atoms with Crippen molar-refractivity contribution in [3.8, 4) is 0 Å². The van der Waals surface area contributed by atoms with Crippen molar-refractivity contribution in [2.75, 3.05) is 13.1 Å². The first-order chi connectivity index (χ1) is 8.99. The topological polar surface area (TPSA) is 32.3 Å². The summed E-state index contributed by atoms with van der Waals surface area (Å²) in [5, 5.41) is 3.46. The first kappa shape index (κ1) is 15.5. The minimum Gasteiger partial charge on any atom is -0.334 e. The van der Waals surface area contributed by atoms with Crippen LogP contribution >= 0.6 is 43.2 Å². The van der Waals surface area contributed by atoms with Crippen LogP contribution in [0.1, 0.15) is 36.4 Å². The van der Waals surface area contributed by atoms with Gasteiger partial charge < -0.3 is 10.2 Å². The van der Waals surface area contributed by atoms with Crippen molar-refractivity contribution >= 4 is 49.1 Å². The summed E-state index contributed by atoms with van der Waals surface area (Å²) < 4.78 is 1.92. The van der Waals surface area contributed by atoms with Gasteiger partial charge in [0.25, 0.3) is 5.91 Å². The lowest BCUT2D eigenvalue weighted by Gasteiger charge is -2.29. The van der Waals surface area contributed by atoms with Crippen molar-refractivity contribution in [2.45, 2.75) is 38.8 Å². The second kappa shape index (κ2) is 6.70. The molecule has 1 atom stereocenters. The lowest BCUT2D eigenvalue weighted by Crippen LogP contribution is -2.44. The molecule has 1 fully saturated rings. The van der Waals surface area contributed by atoms with Crippen molar-refractivity contribution in [3.63, 3.8) is 0 Å². The highest BCUT2D eigenvalue weighted by atomic mass is 79.9. The van der Waals surface area contributed by atoms with Gasteiger partial charge in [0.15, 0.2) is 0 Å². The summed E-state index contributed by atoms with van der Waals surface area (Å²) in [6, 6.07) is 2.56. The highest BCUT2D eigenvalue weighted by Crippen LogP contribution is 2.33. The van der Waals surface area contributed by atoms with E-state index in [0.29, 0.717) is 6.04 Å². The lowest BCUT2D eigenvalue weighted by molar-refractivity contribution is 0.0694. The molecule has 6 heteroatoms. The zero-order valence-corrected chi connectivity index (χ0v) is 15.1. The fraction of sp³-hybridized carbons (Fsp3) is 0.615. The third-order valence-corrected chi connectivity index (χ3v) is 6.56. The molecular formula is C13H18Br2N2OS. The van der Waals surface area contributed by atoms with E-state index in [9.17, 15) is 4.79 Å². The SMILES string of the molecule is CC(C)N(CC1CCCN1)C(=O)c1cc(Br)c(Br)s1. The summed E-state index contributed by atoms with van der Waals surface area (Å²) in [4.78, 5) is 15.4. The van der Waals surface area contributed by atoms with Gasteiger partial charge in [0.2, 0.25) is 0 Å². The molecule has 0 radical (unpaired) electrons. The van der Waals surface area contributed by atoms with Gasteiger partial charge in [-0.15, -0.1) is 11.3 Å². The van der Waals surface area contributed by atoms with E-state index in [4.69, 9.17) is 0 Å². The van der Waals surface area contributed by atoms with Crippen LogP contribution in [0.15, 0.2) is 14.3 Å². The minimum atomic E-state index is 0.125. The Bertz CT molecular complexity index is 436. The number of halogens is 2. The molecule has 0 aromatic carbocycles. The number of carbonyl (C=O) groups excluding carboxylic acids is 1. The van der Waals surface area contributed by atoms with Crippen LogP contribution in [0.5, 0.6) is 0 Å². The van der Waals surface area contributed by atoms with Crippen molar-refractivity contribution in [3.05, 3.63) is 19.2 Å². The predicted molar refractivity (Wildman–Crippen MR) is 86.9 cm³/mol. The van der Waals surface area contributed by atoms with E-state index in [0.717, 1.165) is 32.6 Å². The Balaban J connectivity index is 2.11. The third-order valence-electron chi connectivity index (χ3n) is 3.32. The number of nitrogens with zero attached hydrogens (tertiary/aromatic N) is 1. The molecule has 1 aliphatic rings. The van der Waals surface area contributed by atoms with E-state index in [2.05, 4.69) is 51.0 Å². The van der Waals surface area contributed by atoms with E-state index >= 15 is 0 Å². The lowest BCUT2D eigenvalue weighted by atomic mass is 10.2. The Kier molecular flexibility index (Phi) is 5.45. The monoisotopic (exact) mass is 408 g/mol. The Morgan fingerprint density at radius 3 is 2.79 bits per heavy atom. The Morgan fingerprint density at radius 2 is 2.32 bits per heavy atom. The number of hydrogen-bond donors (Lipinski definition) is 1. The number of amides is 1. The molecule has 0 spiro atoms. The Labute approximate surface area is 135 Å². The average molecular weight is 410 g/mol. The minimum absolute atomic E-state index is 0.125. The number of nitrogens with one attached hydrogen (secondary N) is 1. The summed E-state index contributed by atoms with van der Waals surface area (Å²) in [5.74, 6) is 0.125. The van der Waals surface area contributed by atoms with Crippen LogP contribution in [-0.4, -0.2) is 36.0 Å². The van der Waals surface area contributed by atoms with E-state index < -0.39 is 0 Å². The summed E-state index contributed by atoms with van der Waals surface area (Å²) in [6.45, 7) is 6.01. The van der Waals surface area contributed by atoms with Crippen LogP contribution in [0.4, 0.5) is 0 Å². The molecule has 0 aliphatic carbocycles. The van der Waals surface area contributed by atoms with Crippen LogP contribution in [0.2, 0.25) is 0 Å². The smallest absolute Gasteiger partial charge is 0.264 e. The van der Waals surface area contributed by atoms with E-state index in [1.165, 1.54) is 17.8 Å². The van der Waals surface area contributed by atoms with Gasteiger partial charge in [-0.05, 0) is 71.2 Å². The molecule has 0 bridgehead atoms. The first-order valence-corrected chi connectivity index (χ1v) is 8.88. The van der Waals surface area contributed by atoms with Crippen molar-refractivity contribution < 1.29 is 4.79 Å². The van der Waals surface area contributed by atoms with Crippen LogP contribution in [0.3, 0.4) is 0 Å². The molecule has 1 aromatic rings. The summed E-state index contributed by atoms with van der Waals surface area (Å²) >= 11 is 8.37. The fourth-order valence-corrected chi connectivity index (χ4v) is 4.26.